The third kappa shape index (κ3) is 4.59. The molecule has 178 valence electrons. The molecule has 5 nitrogen and oxygen atoms in total. The molecule has 5 rings (SSSR count). The number of aryl methyl sites for hydroxylation is 2. The summed E-state index contributed by atoms with van der Waals surface area (Å²) in [5.41, 5.74) is 6.98. The molecule has 35 heavy (non-hydrogen) atoms. The lowest BCUT2D eigenvalue weighted by Gasteiger charge is -2.37. The predicted octanol–water partition coefficient (Wildman–Crippen LogP) is 5.88. The molecule has 0 N–H and O–H groups in total. The van der Waals surface area contributed by atoms with E-state index < -0.39 is 0 Å². The van der Waals surface area contributed by atoms with Crippen molar-refractivity contribution in [1.29, 1.82) is 0 Å². The highest BCUT2D eigenvalue weighted by atomic mass is 16.5. The molecule has 5 heteroatoms. The van der Waals surface area contributed by atoms with Crippen molar-refractivity contribution in [2.24, 2.45) is 0 Å². The number of para-hydroxylation sites is 3. The van der Waals surface area contributed by atoms with Gasteiger partial charge in [0, 0.05) is 37.1 Å². The van der Waals surface area contributed by atoms with Crippen LogP contribution in [0, 0.1) is 13.8 Å². The molecule has 2 heterocycles. The first-order valence-corrected chi connectivity index (χ1v) is 12.3. The lowest BCUT2D eigenvalue weighted by atomic mass is 10.00. The van der Waals surface area contributed by atoms with E-state index in [0.29, 0.717) is 25.3 Å². The third-order valence-electron chi connectivity index (χ3n) is 6.82. The van der Waals surface area contributed by atoms with Gasteiger partial charge >= 0.3 is 0 Å². The highest BCUT2D eigenvalue weighted by Crippen LogP contribution is 2.30. The van der Waals surface area contributed by atoms with Crippen LogP contribution in [0.1, 0.15) is 28.4 Å². The van der Waals surface area contributed by atoms with E-state index >= 15 is 0 Å². The molecule has 0 saturated carbocycles. The molecule has 4 aromatic rings. The number of benzene rings is 3. The number of anilines is 1. The number of hydrogen-bond acceptors (Lipinski definition) is 4. The maximum Gasteiger partial charge on any atom is 0.254 e. The summed E-state index contributed by atoms with van der Waals surface area (Å²) in [4.78, 5) is 22.9. The number of rotatable bonds is 5. The van der Waals surface area contributed by atoms with Crippen molar-refractivity contribution in [3.63, 3.8) is 0 Å². The van der Waals surface area contributed by atoms with Gasteiger partial charge in [-0.1, -0.05) is 42.5 Å². The predicted molar refractivity (Wildman–Crippen MR) is 142 cm³/mol. The average Bonchev–Trinajstić information content (AvgIpc) is 2.90. The number of aromatic nitrogens is 1. The van der Waals surface area contributed by atoms with E-state index in [9.17, 15) is 4.79 Å². The number of carbonyl (C=O) groups is 1. The van der Waals surface area contributed by atoms with Crippen molar-refractivity contribution in [2.75, 3.05) is 37.7 Å². The number of piperazine rings is 1. The van der Waals surface area contributed by atoms with Gasteiger partial charge in [0.2, 0.25) is 0 Å². The fourth-order valence-corrected chi connectivity index (χ4v) is 4.72. The van der Waals surface area contributed by atoms with Crippen molar-refractivity contribution in [3.05, 3.63) is 89.5 Å². The van der Waals surface area contributed by atoms with E-state index in [0.717, 1.165) is 46.7 Å². The zero-order valence-electron chi connectivity index (χ0n) is 20.6. The summed E-state index contributed by atoms with van der Waals surface area (Å²) in [5, 5.41) is 0.897. The quantitative estimate of drug-likeness (QED) is 0.369. The second-order valence-electron chi connectivity index (χ2n) is 9.05. The molecule has 1 aliphatic rings. The maximum atomic E-state index is 13.8. The van der Waals surface area contributed by atoms with Crippen molar-refractivity contribution in [1.82, 2.24) is 9.88 Å². The summed E-state index contributed by atoms with van der Waals surface area (Å²) < 4.78 is 5.82. The summed E-state index contributed by atoms with van der Waals surface area (Å²) in [7, 11) is 0. The molecule has 1 fully saturated rings. The topological polar surface area (TPSA) is 45.7 Å². The molecule has 0 spiro atoms. The van der Waals surface area contributed by atoms with Gasteiger partial charge in [-0.2, -0.15) is 0 Å². The summed E-state index contributed by atoms with van der Waals surface area (Å²) in [6.07, 6.45) is 0. The average molecular weight is 466 g/mol. The molecule has 0 radical (unpaired) electrons. The van der Waals surface area contributed by atoms with E-state index in [1.165, 1.54) is 11.1 Å². The number of nitrogens with zero attached hydrogens (tertiary/aromatic N) is 3. The zero-order chi connectivity index (χ0) is 24.4. The van der Waals surface area contributed by atoms with Crippen LogP contribution in [0.2, 0.25) is 0 Å². The molecular formula is C30H31N3O2. The van der Waals surface area contributed by atoms with Crippen LogP contribution in [0.25, 0.3) is 22.2 Å². The van der Waals surface area contributed by atoms with Gasteiger partial charge < -0.3 is 14.5 Å². The van der Waals surface area contributed by atoms with Gasteiger partial charge in [-0.15, -0.1) is 0 Å². The van der Waals surface area contributed by atoms with Gasteiger partial charge in [0.25, 0.3) is 5.91 Å². The van der Waals surface area contributed by atoms with Crippen LogP contribution >= 0.6 is 0 Å². The van der Waals surface area contributed by atoms with Crippen LogP contribution in [0.4, 0.5) is 5.69 Å². The highest BCUT2D eigenvalue weighted by molar-refractivity contribution is 6.07. The summed E-state index contributed by atoms with van der Waals surface area (Å²) in [6, 6.07) is 24.4. The standard InChI is InChI=1S/C30H31N3O2/c1-4-35-29-12-8-7-11-28(29)32-15-17-33(18-16-32)30(34)25-20-27(23-14-13-21(2)22(3)19-23)31-26-10-6-5-9-24(25)26/h5-14,19-20H,4,15-18H2,1-3H3. The van der Waals surface area contributed by atoms with Gasteiger partial charge in [0.15, 0.2) is 0 Å². The van der Waals surface area contributed by atoms with Crippen molar-refractivity contribution in [3.8, 4) is 17.0 Å². The maximum absolute atomic E-state index is 13.8. The Morgan fingerprint density at radius 3 is 2.40 bits per heavy atom. The van der Waals surface area contributed by atoms with E-state index in [1.807, 2.05) is 60.4 Å². The smallest absolute Gasteiger partial charge is 0.254 e. The largest absolute Gasteiger partial charge is 0.492 e. The third-order valence-corrected chi connectivity index (χ3v) is 6.82. The Hall–Kier alpha value is -3.86. The number of pyridine rings is 1. The number of ether oxygens (including phenoxy) is 1. The highest BCUT2D eigenvalue weighted by Gasteiger charge is 2.25. The molecule has 1 aliphatic heterocycles. The minimum Gasteiger partial charge on any atom is -0.492 e. The van der Waals surface area contributed by atoms with E-state index in [1.54, 1.807) is 0 Å². The Balaban J connectivity index is 1.43. The van der Waals surface area contributed by atoms with Gasteiger partial charge in [0.1, 0.15) is 5.75 Å². The van der Waals surface area contributed by atoms with Crippen LogP contribution in [-0.2, 0) is 0 Å². The number of fused-ring (bicyclic) bond motifs is 1. The minimum absolute atomic E-state index is 0.0615. The lowest BCUT2D eigenvalue weighted by molar-refractivity contribution is 0.0748. The fraction of sp³-hybridized carbons (Fsp3) is 0.267. The molecular weight excluding hydrogens is 434 g/mol. The lowest BCUT2D eigenvalue weighted by Crippen LogP contribution is -2.49. The molecule has 1 saturated heterocycles. The Kier molecular flexibility index (Phi) is 6.41. The normalized spacial score (nSPS) is 13.8. The second kappa shape index (κ2) is 9.79. The van der Waals surface area contributed by atoms with Gasteiger partial charge in [-0.3, -0.25) is 4.79 Å². The molecule has 0 atom stereocenters. The van der Waals surface area contributed by atoms with E-state index in [4.69, 9.17) is 9.72 Å². The minimum atomic E-state index is 0.0615. The molecule has 0 bridgehead atoms. The number of amides is 1. The first kappa shape index (κ1) is 22.9. The fourth-order valence-electron chi connectivity index (χ4n) is 4.72. The van der Waals surface area contributed by atoms with E-state index in [2.05, 4.69) is 43.0 Å². The van der Waals surface area contributed by atoms with Crippen LogP contribution in [0.3, 0.4) is 0 Å². The van der Waals surface area contributed by atoms with Gasteiger partial charge in [-0.25, -0.2) is 4.98 Å². The zero-order valence-corrected chi connectivity index (χ0v) is 20.6. The van der Waals surface area contributed by atoms with E-state index in [-0.39, 0.29) is 5.91 Å². The number of carbonyl (C=O) groups excluding carboxylic acids is 1. The van der Waals surface area contributed by atoms with Crippen LogP contribution < -0.4 is 9.64 Å². The summed E-state index contributed by atoms with van der Waals surface area (Å²) >= 11 is 0. The van der Waals surface area contributed by atoms with Crippen LogP contribution in [0.5, 0.6) is 5.75 Å². The number of hydrogen-bond donors (Lipinski definition) is 0. The first-order chi connectivity index (χ1) is 17.0. The Labute approximate surface area is 207 Å². The molecule has 0 aliphatic carbocycles. The van der Waals surface area contributed by atoms with Crippen molar-refractivity contribution in [2.45, 2.75) is 20.8 Å². The van der Waals surface area contributed by atoms with Gasteiger partial charge in [0.05, 0.1) is 29.1 Å². The SMILES string of the molecule is CCOc1ccccc1N1CCN(C(=O)c2cc(-c3ccc(C)c(C)c3)nc3ccccc23)CC1. The monoisotopic (exact) mass is 465 g/mol. The summed E-state index contributed by atoms with van der Waals surface area (Å²) in [6.45, 7) is 9.70. The molecule has 1 aromatic heterocycles. The van der Waals surface area contributed by atoms with Crippen LogP contribution in [-0.4, -0.2) is 48.6 Å². The Bertz CT molecular complexity index is 1370. The molecule has 1 amide bonds. The van der Waals surface area contributed by atoms with Crippen LogP contribution in [0.15, 0.2) is 72.8 Å². The summed E-state index contributed by atoms with van der Waals surface area (Å²) in [5.74, 6) is 0.958. The van der Waals surface area contributed by atoms with Crippen molar-refractivity contribution >= 4 is 22.5 Å². The first-order valence-electron chi connectivity index (χ1n) is 12.3. The molecule has 3 aromatic carbocycles. The second-order valence-corrected chi connectivity index (χ2v) is 9.05. The Morgan fingerprint density at radius 2 is 1.63 bits per heavy atom. The van der Waals surface area contributed by atoms with Crippen molar-refractivity contribution < 1.29 is 9.53 Å². The van der Waals surface area contributed by atoms with Gasteiger partial charge in [-0.05, 0) is 62.2 Å². The molecule has 0 unspecified atom stereocenters. The Morgan fingerprint density at radius 1 is 0.886 bits per heavy atom.